The number of hydrogen-bond donors (Lipinski definition) is 1. The lowest BCUT2D eigenvalue weighted by Crippen LogP contribution is -2.47. The van der Waals surface area contributed by atoms with E-state index < -0.39 is 15.2 Å². The summed E-state index contributed by atoms with van der Waals surface area (Å²) in [7, 11) is -1.17. The molecule has 5 nitrogen and oxygen atoms in total. The Morgan fingerprint density at radius 2 is 2.24 bits per heavy atom. The molecule has 0 aliphatic carbocycles. The average molecular weight is 350 g/mol. The normalized spacial score (nSPS) is 20.0. The zero-order valence-electron chi connectivity index (χ0n) is 12.8. The number of aromatic nitrogens is 1. The van der Waals surface area contributed by atoms with Gasteiger partial charge >= 0.3 is 0 Å². The van der Waals surface area contributed by atoms with Crippen LogP contribution >= 0.6 is 23.1 Å². The van der Waals surface area contributed by atoms with E-state index in [1.165, 1.54) is 11.1 Å². The van der Waals surface area contributed by atoms with E-state index in [2.05, 4.69) is 12.2 Å². The minimum atomic E-state index is -3.10. The van der Waals surface area contributed by atoms with Crippen molar-refractivity contribution in [2.45, 2.75) is 31.7 Å². The molecule has 2 heterocycles. The van der Waals surface area contributed by atoms with Crippen LogP contribution in [0.5, 0.6) is 0 Å². The number of thioether (sulfide) groups is 1. The molecule has 1 aliphatic rings. The molecule has 0 spiro atoms. The zero-order valence-corrected chi connectivity index (χ0v) is 15.2. The van der Waals surface area contributed by atoms with Gasteiger partial charge in [0.25, 0.3) is 0 Å². The number of hydrogen-bond acceptors (Lipinski definition) is 7. The lowest BCUT2D eigenvalue weighted by Gasteiger charge is -2.33. The topological polar surface area (TPSA) is 62.3 Å². The summed E-state index contributed by atoms with van der Waals surface area (Å²) in [6.45, 7) is 3.68. The van der Waals surface area contributed by atoms with Crippen molar-refractivity contribution in [1.29, 1.82) is 0 Å². The lowest BCUT2D eigenvalue weighted by atomic mass is 10.2. The molecule has 1 aromatic heterocycles. The molecule has 120 valence electrons. The summed E-state index contributed by atoms with van der Waals surface area (Å²) in [6, 6.07) is 0. The zero-order chi connectivity index (χ0) is 15.5. The van der Waals surface area contributed by atoms with Gasteiger partial charge in [0, 0.05) is 35.7 Å². The van der Waals surface area contributed by atoms with Crippen molar-refractivity contribution in [2.75, 3.05) is 36.3 Å². The number of anilines is 1. The number of thiazole rings is 1. The number of rotatable bonds is 6. The predicted molar refractivity (Wildman–Crippen MR) is 92.2 cm³/mol. The Bertz CT molecular complexity index is 548. The Kier molecular flexibility index (Phi) is 5.93. The molecule has 1 aliphatic heterocycles. The molecular formula is C13H23N3O2S3. The molecule has 8 heteroatoms. The van der Waals surface area contributed by atoms with Gasteiger partial charge in [-0.05, 0) is 13.5 Å². The van der Waals surface area contributed by atoms with Crippen molar-refractivity contribution >= 4 is 38.1 Å². The maximum absolute atomic E-state index is 12.0. The van der Waals surface area contributed by atoms with Crippen LogP contribution in [0, 0.1) is 0 Å². The molecule has 1 aromatic rings. The van der Waals surface area contributed by atoms with E-state index in [1.807, 2.05) is 11.9 Å². The van der Waals surface area contributed by atoms with Crippen LogP contribution in [0.25, 0.3) is 0 Å². The molecule has 0 bridgehead atoms. The first-order valence-corrected chi connectivity index (χ1v) is 11.1. The maximum Gasteiger partial charge on any atom is 0.186 e. The summed E-state index contributed by atoms with van der Waals surface area (Å²) in [4.78, 5) is 7.94. The van der Waals surface area contributed by atoms with Gasteiger partial charge in [0.15, 0.2) is 15.0 Å². The molecule has 0 amide bonds. The van der Waals surface area contributed by atoms with E-state index in [4.69, 9.17) is 4.98 Å². The van der Waals surface area contributed by atoms with Gasteiger partial charge in [-0.25, -0.2) is 13.4 Å². The third kappa shape index (κ3) is 4.12. The third-order valence-electron chi connectivity index (χ3n) is 3.42. The van der Waals surface area contributed by atoms with E-state index in [9.17, 15) is 8.42 Å². The van der Waals surface area contributed by atoms with Gasteiger partial charge in [-0.1, -0.05) is 13.3 Å². The van der Waals surface area contributed by atoms with Gasteiger partial charge in [0.1, 0.15) is 5.37 Å². The first-order valence-electron chi connectivity index (χ1n) is 7.13. The van der Waals surface area contributed by atoms with Crippen LogP contribution in [0.3, 0.4) is 0 Å². The Balaban J connectivity index is 2.32. The van der Waals surface area contributed by atoms with Gasteiger partial charge in [0.2, 0.25) is 0 Å². The maximum atomic E-state index is 12.0. The number of nitrogens with zero attached hydrogens (tertiary/aromatic N) is 2. The van der Waals surface area contributed by atoms with Crippen LogP contribution in [0.15, 0.2) is 0 Å². The highest BCUT2D eigenvalue weighted by atomic mass is 32.2. The summed E-state index contributed by atoms with van der Waals surface area (Å²) in [5, 5.41) is 3.59. The Morgan fingerprint density at radius 1 is 1.48 bits per heavy atom. The summed E-state index contributed by atoms with van der Waals surface area (Å²) >= 11 is 3.33. The SMILES string of the molecule is CCCc1nc(N2CCSCC2S(C)(=O)=O)sc1CNC. The second-order valence-electron chi connectivity index (χ2n) is 5.20. The van der Waals surface area contributed by atoms with E-state index >= 15 is 0 Å². The van der Waals surface area contributed by atoms with Gasteiger partial charge < -0.3 is 10.2 Å². The molecule has 0 radical (unpaired) electrons. The summed E-state index contributed by atoms with van der Waals surface area (Å²) in [5.41, 5.74) is 1.11. The minimum absolute atomic E-state index is 0.445. The number of aryl methyl sites for hydroxylation is 1. The monoisotopic (exact) mass is 349 g/mol. The fourth-order valence-corrected chi connectivity index (χ4v) is 6.46. The molecule has 21 heavy (non-hydrogen) atoms. The van der Waals surface area contributed by atoms with Gasteiger partial charge in [-0.2, -0.15) is 11.8 Å². The Labute approximate surface area is 135 Å². The third-order valence-corrected chi connectivity index (χ3v) is 7.19. The first kappa shape index (κ1) is 17.1. The smallest absolute Gasteiger partial charge is 0.186 e. The van der Waals surface area contributed by atoms with Crippen molar-refractivity contribution in [3.05, 3.63) is 10.6 Å². The summed E-state index contributed by atoms with van der Waals surface area (Å²) in [6.07, 6.45) is 3.32. The van der Waals surface area contributed by atoms with Crippen LogP contribution < -0.4 is 10.2 Å². The molecular weight excluding hydrogens is 326 g/mol. The average Bonchev–Trinajstić information content (AvgIpc) is 2.82. The standard InChI is InChI=1S/C13H23N3O2S3/c1-4-5-10-11(8-14-2)20-13(15-10)16-6-7-19-9-12(16)21(3,17)18/h12,14H,4-9H2,1-3H3. The van der Waals surface area contributed by atoms with E-state index in [0.717, 1.165) is 42.5 Å². The highest BCUT2D eigenvalue weighted by molar-refractivity contribution is 8.01. The Morgan fingerprint density at radius 3 is 2.86 bits per heavy atom. The quantitative estimate of drug-likeness (QED) is 0.844. The molecule has 1 atom stereocenters. The molecule has 1 saturated heterocycles. The Hall–Kier alpha value is -0.310. The minimum Gasteiger partial charge on any atom is -0.329 e. The fraction of sp³-hybridized carbons (Fsp3) is 0.769. The molecule has 1 unspecified atom stereocenters. The van der Waals surface area contributed by atoms with Crippen molar-refractivity contribution in [3.8, 4) is 0 Å². The largest absolute Gasteiger partial charge is 0.329 e. The van der Waals surface area contributed by atoms with Gasteiger partial charge in [0.05, 0.1) is 5.69 Å². The number of sulfone groups is 1. The second kappa shape index (κ2) is 7.30. The van der Waals surface area contributed by atoms with Crippen molar-refractivity contribution < 1.29 is 8.42 Å². The van der Waals surface area contributed by atoms with Gasteiger partial charge in [-0.15, -0.1) is 11.3 Å². The molecule has 0 aromatic carbocycles. The van der Waals surface area contributed by atoms with Crippen LogP contribution in [0.1, 0.15) is 23.9 Å². The van der Waals surface area contributed by atoms with E-state index in [0.29, 0.717) is 5.75 Å². The number of nitrogens with one attached hydrogen (secondary N) is 1. The van der Waals surface area contributed by atoms with Crippen LogP contribution in [-0.2, 0) is 22.8 Å². The van der Waals surface area contributed by atoms with E-state index in [-0.39, 0.29) is 0 Å². The summed E-state index contributed by atoms with van der Waals surface area (Å²) < 4.78 is 24.0. The van der Waals surface area contributed by atoms with Crippen molar-refractivity contribution in [1.82, 2.24) is 10.3 Å². The molecule has 1 fully saturated rings. The predicted octanol–water partition coefficient (Wildman–Crippen LogP) is 1.74. The highest BCUT2D eigenvalue weighted by Gasteiger charge is 2.33. The van der Waals surface area contributed by atoms with Crippen molar-refractivity contribution in [2.24, 2.45) is 0 Å². The van der Waals surface area contributed by atoms with Crippen LogP contribution in [0.4, 0.5) is 5.13 Å². The van der Waals surface area contributed by atoms with Crippen LogP contribution in [-0.4, -0.2) is 50.1 Å². The molecule has 1 N–H and O–H groups in total. The second-order valence-corrected chi connectivity index (χ2v) is 9.61. The van der Waals surface area contributed by atoms with E-state index in [1.54, 1.807) is 23.1 Å². The lowest BCUT2D eigenvalue weighted by molar-refractivity contribution is 0.584. The molecule has 0 saturated carbocycles. The highest BCUT2D eigenvalue weighted by Crippen LogP contribution is 2.32. The summed E-state index contributed by atoms with van der Waals surface area (Å²) in [5.74, 6) is 1.58. The molecule has 2 rings (SSSR count). The fourth-order valence-electron chi connectivity index (χ4n) is 2.38. The van der Waals surface area contributed by atoms with Crippen molar-refractivity contribution in [3.63, 3.8) is 0 Å². The first-order chi connectivity index (χ1) is 9.97. The van der Waals surface area contributed by atoms with Crippen LogP contribution in [0.2, 0.25) is 0 Å². The van der Waals surface area contributed by atoms with Gasteiger partial charge in [-0.3, -0.25) is 0 Å².